The minimum Gasteiger partial charge on any atom is -0.492 e. The Morgan fingerprint density at radius 2 is 1.91 bits per heavy atom. The van der Waals surface area contributed by atoms with Crippen molar-refractivity contribution in [2.45, 2.75) is 0 Å². The third kappa shape index (κ3) is 1.92. The van der Waals surface area contributed by atoms with Gasteiger partial charge in [0.2, 0.25) is 11.6 Å². The van der Waals surface area contributed by atoms with Crippen LogP contribution in [0.15, 0.2) is 42.0 Å². The molecule has 1 heterocycles. The predicted molar refractivity (Wildman–Crippen MR) is 77.3 cm³/mol. The number of Topliss-reactive ketones (excluding diaryl/α,β-unsaturated/α-hetero) is 1. The van der Waals surface area contributed by atoms with Crippen molar-refractivity contribution in [3.63, 3.8) is 0 Å². The van der Waals surface area contributed by atoms with E-state index in [0.717, 1.165) is 6.08 Å². The van der Waals surface area contributed by atoms with E-state index >= 15 is 0 Å². The molecule has 0 saturated carbocycles. The van der Waals surface area contributed by atoms with Gasteiger partial charge in [-0.15, -0.1) is 0 Å². The van der Waals surface area contributed by atoms with Crippen LogP contribution in [-0.4, -0.2) is 30.8 Å². The van der Waals surface area contributed by atoms with Gasteiger partial charge in [-0.3, -0.25) is 9.59 Å². The topological polar surface area (TPSA) is 68.4 Å². The van der Waals surface area contributed by atoms with Crippen LogP contribution in [0.3, 0.4) is 0 Å². The smallest absolute Gasteiger partial charge is 0.232 e. The van der Waals surface area contributed by atoms with Gasteiger partial charge in [0.1, 0.15) is 5.82 Å². The summed E-state index contributed by atoms with van der Waals surface area (Å²) in [6.07, 6.45) is 2.56. The normalized spacial score (nSPS) is 15.3. The molecule has 0 bridgehead atoms. The summed E-state index contributed by atoms with van der Waals surface area (Å²) in [5, 5.41) is 0.489. The van der Waals surface area contributed by atoms with Gasteiger partial charge in [-0.25, -0.2) is 4.39 Å². The van der Waals surface area contributed by atoms with Crippen LogP contribution in [0.2, 0.25) is 0 Å². The van der Waals surface area contributed by atoms with E-state index in [1.54, 1.807) is 6.07 Å². The standard InChI is InChI=1S/C16H12FNO4/c1-21-12-6-11(19)16(22-2)13(15(12)20)9-7-18-14-8(9)4-3-5-10(14)17/h3-7,18H,1-2H3. The number of hydrogen-bond donors (Lipinski definition) is 1. The van der Waals surface area contributed by atoms with Crippen molar-refractivity contribution in [2.75, 3.05) is 14.2 Å². The molecule has 0 amide bonds. The van der Waals surface area contributed by atoms with Crippen LogP contribution in [0.4, 0.5) is 4.39 Å². The quantitative estimate of drug-likeness (QED) is 0.884. The molecule has 0 spiro atoms. The number of allylic oxidation sites excluding steroid dienone is 2. The predicted octanol–water partition coefficient (Wildman–Crippen LogP) is 2.35. The van der Waals surface area contributed by atoms with Crippen LogP contribution >= 0.6 is 0 Å². The van der Waals surface area contributed by atoms with Gasteiger partial charge in [-0.2, -0.15) is 0 Å². The zero-order chi connectivity index (χ0) is 15.9. The van der Waals surface area contributed by atoms with Crippen LogP contribution in [-0.2, 0) is 19.1 Å². The second-order valence-corrected chi connectivity index (χ2v) is 4.68. The molecular weight excluding hydrogens is 289 g/mol. The van der Waals surface area contributed by atoms with Crippen molar-refractivity contribution in [3.05, 3.63) is 53.4 Å². The highest BCUT2D eigenvalue weighted by Gasteiger charge is 2.32. The van der Waals surface area contributed by atoms with Crippen molar-refractivity contribution < 1.29 is 23.5 Å². The zero-order valence-electron chi connectivity index (χ0n) is 11.9. The SMILES string of the molecule is COC1=CC(=O)C(OC)=C(c2c[nH]c3c(F)cccc23)C1=O. The fourth-order valence-corrected chi connectivity index (χ4v) is 2.52. The van der Waals surface area contributed by atoms with E-state index in [9.17, 15) is 14.0 Å². The van der Waals surface area contributed by atoms with E-state index in [-0.39, 0.29) is 22.6 Å². The molecule has 0 aliphatic heterocycles. The Labute approximate surface area is 125 Å². The molecule has 1 aliphatic carbocycles. The molecule has 1 aliphatic rings. The van der Waals surface area contributed by atoms with Gasteiger partial charge < -0.3 is 14.5 Å². The molecule has 0 atom stereocenters. The molecule has 0 fully saturated rings. The molecule has 1 aromatic carbocycles. The van der Waals surface area contributed by atoms with E-state index in [1.807, 2.05) is 0 Å². The number of benzene rings is 1. The number of hydrogen-bond acceptors (Lipinski definition) is 4. The molecule has 0 unspecified atom stereocenters. The van der Waals surface area contributed by atoms with Crippen molar-refractivity contribution in [2.24, 2.45) is 0 Å². The number of carbonyl (C=O) groups excluding carboxylic acids is 2. The number of fused-ring (bicyclic) bond motifs is 1. The third-order valence-electron chi connectivity index (χ3n) is 3.52. The van der Waals surface area contributed by atoms with Crippen LogP contribution in [0.1, 0.15) is 5.56 Å². The molecule has 22 heavy (non-hydrogen) atoms. The van der Waals surface area contributed by atoms with Crippen molar-refractivity contribution in [1.82, 2.24) is 4.98 Å². The van der Waals surface area contributed by atoms with Crippen LogP contribution in [0, 0.1) is 5.82 Å². The minimum absolute atomic E-state index is 0.0590. The van der Waals surface area contributed by atoms with E-state index < -0.39 is 17.4 Å². The molecular formula is C16H12FNO4. The summed E-state index contributed by atoms with van der Waals surface area (Å²) in [5.41, 5.74) is 0.713. The lowest BCUT2D eigenvalue weighted by molar-refractivity contribution is -0.118. The second-order valence-electron chi connectivity index (χ2n) is 4.68. The average molecular weight is 301 g/mol. The summed E-state index contributed by atoms with van der Waals surface area (Å²) >= 11 is 0. The number of ether oxygens (including phenoxy) is 2. The van der Waals surface area contributed by atoms with Gasteiger partial charge in [0, 0.05) is 23.2 Å². The Morgan fingerprint density at radius 1 is 1.14 bits per heavy atom. The van der Waals surface area contributed by atoms with Crippen LogP contribution < -0.4 is 0 Å². The highest BCUT2D eigenvalue weighted by Crippen LogP contribution is 2.33. The van der Waals surface area contributed by atoms with E-state index in [4.69, 9.17) is 9.47 Å². The van der Waals surface area contributed by atoms with Gasteiger partial charge in [0.15, 0.2) is 11.5 Å². The number of H-pyrrole nitrogens is 1. The number of methoxy groups -OCH3 is 2. The summed E-state index contributed by atoms with van der Waals surface area (Å²) in [6, 6.07) is 4.50. The van der Waals surface area contributed by atoms with Crippen molar-refractivity contribution in [1.29, 1.82) is 0 Å². The molecule has 112 valence electrons. The molecule has 6 heteroatoms. The monoisotopic (exact) mass is 301 g/mol. The number of rotatable bonds is 3. The molecule has 0 saturated heterocycles. The molecule has 2 aromatic rings. The number of aromatic nitrogens is 1. The Bertz CT molecular complexity index is 860. The third-order valence-corrected chi connectivity index (χ3v) is 3.52. The first-order chi connectivity index (χ1) is 10.6. The van der Waals surface area contributed by atoms with Crippen LogP contribution in [0.5, 0.6) is 0 Å². The number of nitrogens with one attached hydrogen (secondary N) is 1. The fourth-order valence-electron chi connectivity index (χ4n) is 2.52. The van der Waals surface area contributed by atoms with Gasteiger partial charge in [-0.05, 0) is 6.07 Å². The lowest BCUT2D eigenvalue weighted by atomic mass is 9.93. The number of halogens is 1. The maximum absolute atomic E-state index is 13.8. The van der Waals surface area contributed by atoms with Gasteiger partial charge >= 0.3 is 0 Å². The lowest BCUT2D eigenvalue weighted by Crippen LogP contribution is -2.20. The molecule has 1 aromatic heterocycles. The number of aromatic amines is 1. The second kappa shape index (κ2) is 5.14. The maximum atomic E-state index is 13.8. The van der Waals surface area contributed by atoms with E-state index in [1.165, 1.54) is 32.5 Å². The van der Waals surface area contributed by atoms with E-state index in [2.05, 4.69) is 4.98 Å². The largest absolute Gasteiger partial charge is 0.492 e. The maximum Gasteiger partial charge on any atom is 0.232 e. The van der Waals surface area contributed by atoms with Gasteiger partial charge in [0.05, 0.1) is 25.3 Å². The summed E-state index contributed by atoms with van der Waals surface area (Å²) in [7, 11) is 2.61. The molecule has 5 nitrogen and oxygen atoms in total. The number of carbonyl (C=O) groups is 2. The summed E-state index contributed by atoms with van der Waals surface area (Å²) in [5.74, 6) is -1.56. The highest BCUT2D eigenvalue weighted by atomic mass is 19.1. The van der Waals surface area contributed by atoms with Gasteiger partial charge in [0.25, 0.3) is 0 Å². The van der Waals surface area contributed by atoms with Crippen molar-refractivity contribution >= 4 is 28.0 Å². The van der Waals surface area contributed by atoms with Crippen molar-refractivity contribution in [3.8, 4) is 0 Å². The zero-order valence-corrected chi connectivity index (χ0v) is 11.9. The highest BCUT2D eigenvalue weighted by molar-refractivity contribution is 6.38. The first-order valence-corrected chi connectivity index (χ1v) is 6.47. The number of para-hydroxylation sites is 1. The number of ketones is 2. The summed E-state index contributed by atoms with van der Waals surface area (Å²) in [4.78, 5) is 27.4. The Hall–Kier alpha value is -2.89. The van der Waals surface area contributed by atoms with E-state index in [0.29, 0.717) is 10.9 Å². The summed E-state index contributed by atoms with van der Waals surface area (Å²) < 4.78 is 23.8. The average Bonchev–Trinajstić information content (AvgIpc) is 2.93. The summed E-state index contributed by atoms with van der Waals surface area (Å²) in [6.45, 7) is 0. The molecule has 3 rings (SSSR count). The Morgan fingerprint density at radius 3 is 2.59 bits per heavy atom. The lowest BCUT2D eigenvalue weighted by Gasteiger charge is -2.16. The minimum atomic E-state index is -0.482. The first kappa shape index (κ1) is 14.1. The first-order valence-electron chi connectivity index (χ1n) is 6.47. The molecule has 0 radical (unpaired) electrons. The fraction of sp³-hybridized carbons (Fsp3) is 0.125. The Kier molecular flexibility index (Phi) is 3.29. The van der Waals surface area contributed by atoms with Crippen LogP contribution in [0.25, 0.3) is 16.5 Å². The Balaban J connectivity index is 2.29. The molecule has 1 N–H and O–H groups in total. The van der Waals surface area contributed by atoms with Gasteiger partial charge in [-0.1, -0.05) is 12.1 Å².